The third-order valence-electron chi connectivity index (χ3n) is 2.46. The van der Waals surface area contributed by atoms with Gasteiger partial charge in [0.25, 0.3) is 0 Å². The maximum absolute atomic E-state index is 10.7. The van der Waals surface area contributed by atoms with Gasteiger partial charge in [0.1, 0.15) is 0 Å². The van der Waals surface area contributed by atoms with Crippen molar-refractivity contribution in [3.05, 3.63) is 11.1 Å². The fraction of sp³-hybridized carbons (Fsp3) is 0.556. The van der Waals surface area contributed by atoms with Gasteiger partial charge in [-0.05, 0) is 6.42 Å². The Morgan fingerprint density at radius 2 is 2.60 bits per heavy atom. The topological polar surface area (TPSA) is 62.7 Å². The molecule has 2 rings (SSSR count). The fourth-order valence-electron chi connectivity index (χ4n) is 1.60. The second-order valence-corrected chi connectivity index (χ2v) is 4.25. The van der Waals surface area contributed by atoms with E-state index in [2.05, 4.69) is 9.88 Å². The van der Waals surface area contributed by atoms with Crippen molar-refractivity contribution in [2.75, 3.05) is 25.1 Å². The molecule has 5 nitrogen and oxygen atoms in total. The van der Waals surface area contributed by atoms with Gasteiger partial charge in [-0.2, -0.15) is 0 Å². The number of hydrogen-bond acceptors (Lipinski definition) is 5. The molecule has 0 bridgehead atoms. The maximum Gasteiger partial charge on any atom is 0.355 e. The molecule has 0 spiro atoms. The lowest BCUT2D eigenvalue weighted by atomic mass is 10.3. The number of nitrogens with zero attached hydrogens (tertiary/aromatic N) is 2. The molecule has 1 aliphatic rings. The molecule has 1 unspecified atom stereocenters. The molecular formula is C9H12N2O3S. The quantitative estimate of drug-likeness (QED) is 0.838. The van der Waals surface area contributed by atoms with E-state index in [1.807, 2.05) is 0 Å². The lowest BCUT2D eigenvalue weighted by Gasteiger charge is -2.13. The number of carboxylic acids is 1. The number of thiazole rings is 1. The van der Waals surface area contributed by atoms with Crippen LogP contribution in [0.25, 0.3) is 0 Å². The first-order chi connectivity index (χ1) is 7.20. The zero-order valence-electron chi connectivity index (χ0n) is 8.34. The highest BCUT2D eigenvalue weighted by Crippen LogP contribution is 2.25. The molecule has 15 heavy (non-hydrogen) atoms. The third kappa shape index (κ3) is 2.10. The first-order valence-electron chi connectivity index (χ1n) is 4.67. The van der Waals surface area contributed by atoms with Crippen molar-refractivity contribution in [2.24, 2.45) is 0 Å². The van der Waals surface area contributed by atoms with E-state index in [1.54, 1.807) is 12.5 Å². The summed E-state index contributed by atoms with van der Waals surface area (Å²) in [6.45, 7) is 1.67. The largest absolute Gasteiger partial charge is 0.476 e. The lowest BCUT2D eigenvalue weighted by molar-refractivity contribution is 0.0691. The number of ether oxygens (including phenoxy) is 1. The number of carbonyl (C=O) groups is 1. The number of aromatic carboxylic acids is 1. The van der Waals surface area contributed by atoms with Gasteiger partial charge in [-0.15, -0.1) is 11.3 Å². The summed E-state index contributed by atoms with van der Waals surface area (Å²) in [5.74, 6) is -0.972. The summed E-state index contributed by atoms with van der Waals surface area (Å²) in [6, 6.07) is 0. The summed E-state index contributed by atoms with van der Waals surface area (Å²) in [6.07, 6.45) is 1.21. The van der Waals surface area contributed by atoms with Gasteiger partial charge in [-0.1, -0.05) is 0 Å². The van der Waals surface area contributed by atoms with Crippen LogP contribution in [0, 0.1) is 0 Å². The minimum Gasteiger partial charge on any atom is -0.476 e. The van der Waals surface area contributed by atoms with Crippen molar-refractivity contribution < 1.29 is 14.6 Å². The van der Waals surface area contributed by atoms with Crippen molar-refractivity contribution in [1.82, 2.24) is 4.98 Å². The van der Waals surface area contributed by atoms with Crippen LogP contribution in [-0.4, -0.2) is 42.4 Å². The maximum atomic E-state index is 10.7. The van der Waals surface area contributed by atoms with E-state index in [0.717, 1.165) is 24.6 Å². The van der Waals surface area contributed by atoms with Crippen LogP contribution in [0.3, 0.4) is 0 Å². The van der Waals surface area contributed by atoms with Crippen molar-refractivity contribution in [2.45, 2.75) is 12.5 Å². The molecule has 1 aromatic rings. The molecule has 1 aliphatic heterocycles. The van der Waals surface area contributed by atoms with E-state index in [-0.39, 0.29) is 11.8 Å². The number of aromatic nitrogens is 1. The average Bonchev–Trinajstić information content (AvgIpc) is 2.86. The number of anilines is 1. The number of rotatable bonds is 3. The standard InChI is InChI=1S/C9H12N2O3S/c1-14-6-2-3-11(4-6)9-10-7(5-15-9)8(12)13/h5-6H,2-4H2,1H3,(H,12,13). The second kappa shape index (κ2) is 4.16. The van der Waals surface area contributed by atoms with Crippen molar-refractivity contribution in [3.63, 3.8) is 0 Å². The van der Waals surface area contributed by atoms with Crippen LogP contribution in [0.4, 0.5) is 5.13 Å². The first kappa shape index (κ1) is 10.4. The molecule has 1 N–H and O–H groups in total. The Bertz CT molecular complexity index is 366. The van der Waals surface area contributed by atoms with Gasteiger partial charge < -0.3 is 14.7 Å². The summed E-state index contributed by atoms with van der Waals surface area (Å²) < 4.78 is 5.24. The molecule has 6 heteroatoms. The van der Waals surface area contributed by atoms with E-state index in [0.29, 0.717) is 0 Å². The monoisotopic (exact) mass is 228 g/mol. The van der Waals surface area contributed by atoms with Gasteiger partial charge in [0.2, 0.25) is 0 Å². The van der Waals surface area contributed by atoms with E-state index >= 15 is 0 Å². The van der Waals surface area contributed by atoms with Crippen molar-refractivity contribution >= 4 is 22.4 Å². The highest BCUT2D eigenvalue weighted by atomic mass is 32.1. The Morgan fingerprint density at radius 1 is 1.80 bits per heavy atom. The molecule has 82 valence electrons. The molecule has 1 aromatic heterocycles. The SMILES string of the molecule is COC1CCN(c2nc(C(=O)O)cs2)C1. The highest BCUT2D eigenvalue weighted by Gasteiger charge is 2.24. The Kier molecular flexibility index (Phi) is 2.88. The molecule has 0 amide bonds. The summed E-state index contributed by atoms with van der Waals surface area (Å²) in [4.78, 5) is 16.8. The van der Waals surface area contributed by atoms with E-state index < -0.39 is 5.97 Å². The van der Waals surface area contributed by atoms with Gasteiger partial charge in [0.15, 0.2) is 10.8 Å². The molecule has 0 aliphatic carbocycles. The fourth-order valence-corrected chi connectivity index (χ4v) is 2.44. The minimum absolute atomic E-state index is 0.121. The molecule has 0 radical (unpaired) electrons. The molecule has 2 heterocycles. The lowest BCUT2D eigenvalue weighted by Crippen LogP contribution is -2.22. The van der Waals surface area contributed by atoms with Gasteiger partial charge in [-0.25, -0.2) is 9.78 Å². The van der Waals surface area contributed by atoms with Crippen molar-refractivity contribution in [1.29, 1.82) is 0 Å². The predicted molar refractivity (Wildman–Crippen MR) is 56.7 cm³/mol. The highest BCUT2D eigenvalue weighted by molar-refractivity contribution is 7.13. The van der Waals surface area contributed by atoms with Crippen LogP contribution in [0.1, 0.15) is 16.9 Å². The molecule has 1 fully saturated rings. The first-order valence-corrected chi connectivity index (χ1v) is 5.55. The summed E-state index contributed by atoms with van der Waals surface area (Å²) >= 11 is 1.37. The Hall–Kier alpha value is -1.14. The second-order valence-electron chi connectivity index (χ2n) is 3.41. The summed E-state index contributed by atoms with van der Waals surface area (Å²) in [5.41, 5.74) is 0.121. The summed E-state index contributed by atoms with van der Waals surface area (Å²) in [7, 11) is 1.69. The smallest absolute Gasteiger partial charge is 0.355 e. The van der Waals surface area contributed by atoms with E-state index in [1.165, 1.54) is 11.3 Å². The van der Waals surface area contributed by atoms with E-state index in [4.69, 9.17) is 9.84 Å². The van der Waals surface area contributed by atoms with Crippen LogP contribution in [0.15, 0.2) is 5.38 Å². The Morgan fingerprint density at radius 3 is 3.13 bits per heavy atom. The molecular weight excluding hydrogens is 216 g/mol. The zero-order valence-corrected chi connectivity index (χ0v) is 9.16. The average molecular weight is 228 g/mol. The van der Waals surface area contributed by atoms with Gasteiger partial charge in [0.05, 0.1) is 6.10 Å². The van der Waals surface area contributed by atoms with Crippen molar-refractivity contribution in [3.8, 4) is 0 Å². The molecule has 0 saturated carbocycles. The van der Waals surface area contributed by atoms with Crippen LogP contribution in [-0.2, 0) is 4.74 Å². The number of carboxylic acid groups (broad SMARTS) is 1. The van der Waals surface area contributed by atoms with Gasteiger partial charge >= 0.3 is 5.97 Å². The number of hydrogen-bond donors (Lipinski definition) is 1. The van der Waals surface area contributed by atoms with Gasteiger partial charge in [0, 0.05) is 25.6 Å². The van der Waals surface area contributed by atoms with Crippen LogP contribution in [0.5, 0.6) is 0 Å². The zero-order chi connectivity index (χ0) is 10.8. The Labute approximate surface area is 91.3 Å². The third-order valence-corrected chi connectivity index (χ3v) is 3.36. The Balaban J connectivity index is 2.07. The normalized spacial score (nSPS) is 20.9. The van der Waals surface area contributed by atoms with Gasteiger partial charge in [-0.3, -0.25) is 0 Å². The van der Waals surface area contributed by atoms with Crippen LogP contribution >= 0.6 is 11.3 Å². The van der Waals surface area contributed by atoms with Crippen LogP contribution in [0.2, 0.25) is 0 Å². The molecule has 1 saturated heterocycles. The van der Waals surface area contributed by atoms with Crippen LogP contribution < -0.4 is 4.90 Å². The number of methoxy groups -OCH3 is 1. The van der Waals surface area contributed by atoms with E-state index in [9.17, 15) is 4.79 Å². The molecule has 0 aromatic carbocycles. The predicted octanol–water partition coefficient (Wildman–Crippen LogP) is 1.07. The summed E-state index contributed by atoms with van der Waals surface area (Å²) in [5, 5.41) is 11.1. The molecule has 1 atom stereocenters. The minimum atomic E-state index is -0.972.